The maximum Gasteiger partial charge on any atom is 0.0390 e. The van der Waals surface area contributed by atoms with Crippen LogP contribution in [0.4, 0.5) is 5.69 Å². The fraction of sp³-hybridized carbons (Fsp3) is 0.385. The number of rotatable bonds is 1. The van der Waals surface area contributed by atoms with Crippen molar-refractivity contribution in [2.45, 2.75) is 32.6 Å². The summed E-state index contributed by atoms with van der Waals surface area (Å²) < 4.78 is 0. The first-order chi connectivity index (χ1) is 6.79. The highest BCUT2D eigenvalue weighted by Crippen LogP contribution is 2.34. The van der Waals surface area contributed by atoms with Crippen LogP contribution in [0.1, 0.15) is 38.2 Å². The van der Waals surface area contributed by atoms with Crippen molar-refractivity contribution >= 4 is 11.3 Å². The standard InChI is InChI=1S/C13H17N/c1-10-6-2-3-7-11(10)12-8-4-5-9-13(12)14/h4-5,8-9H,2-3,6-7,14H2,1H3. The van der Waals surface area contributed by atoms with Gasteiger partial charge in [-0.1, -0.05) is 23.8 Å². The molecule has 0 unspecified atom stereocenters. The van der Waals surface area contributed by atoms with Gasteiger partial charge in [0.1, 0.15) is 0 Å². The van der Waals surface area contributed by atoms with Gasteiger partial charge in [-0.05, 0) is 44.2 Å². The van der Waals surface area contributed by atoms with E-state index in [1.807, 2.05) is 12.1 Å². The summed E-state index contributed by atoms with van der Waals surface area (Å²) in [6.45, 7) is 2.24. The molecule has 0 aliphatic heterocycles. The first-order valence-corrected chi connectivity index (χ1v) is 5.32. The van der Waals surface area contributed by atoms with E-state index in [2.05, 4.69) is 19.1 Å². The van der Waals surface area contributed by atoms with E-state index in [0.717, 1.165) is 5.69 Å². The first-order valence-electron chi connectivity index (χ1n) is 5.32. The Kier molecular flexibility index (Phi) is 2.58. The molecule has 0 fully saturated rings. The van der Waals surface area contributed by atoms with Crippen molar-refractivity contribution in [2.75, 3.05) is 5.73 Å². The second-order valence-electron chi connectivity index (χ2n) is 4.05. The second-order valence-corrected chi connectivity index (χ2v) is 4.05. The Morgan fingerprint density at radius 2 is 1.79 bits per heavy atom. The first kappa shape index (κ1) is 9.32. The quantitative estimate of drug-likeness (QED) is 0.668. The molecule has 2 N–H and O–H groups in total. The zero-order valence-electron chi connectivity index (χ0n) is 8.72. The second kappa shape index (κ2) is 3.87. The Morgan fingerprint density at radius 1 is 1.07 bits per heavy atom. The summed E-state index contributed by atoms with van der Waals surface area (Å²) in [6.07, 6.45) is 5.08. The lowest BCUT2D eigenvalue weighted by Crippen LogP contribution is -2.00. The van der Waals surface area contributed by atoms with Gasteiger partial charge < -0.3 is 5.73 Å². The van der Waals surface area contributed by atoms with Crippen molar-refractivity contribution in [1.82, 2.24) is 0 Å². The number of hydrogen-bond acceptors (Lipinski definition) is 1. The van der Waals surface area contributed by atoms with Crippen LogP contribution in [0.3, 0.4) is 0 Å². The van der Waals surface area contributed by atoms with Gasteiger partial charge in [0.15, 0.2) is 0 Å². The van der Waals surface area contributed by atoms with Gasteiger partial charge in [0, 0.05) is 11.3 Å². The minimum Gasteiger partial charge on any atom is -0.398 e. The van der Waals surface area contributed by atoms with Crippen LogP contribution in [-0.2, 0) is 0 Å². The number of anilines is 1. The van der Waals surface area contributed by atoms with Crippen molar-refractivity contribution in [3.05, 3.63) is 35.4 Å². The molecule has 1 aromatic rings. The van der Waals surface area contributed by atoms with Crippen LogP contribution in [0, 0.1) is 0 Å². The Labute approximate surface area is 85.6 Å². The molecule has 1 heteroatoms. The van der Waals surface area contributed by atoms with Gasteiger partial charge in [-0.3, -0.25) is 0 Å². The summed E-state index contributed by atoms with van der Waals surface area (Å²) in [5.41, 5.74) is 11.2. The number of para-hydroxylation sites is 1. The smallest absolute Gasteiger partial charge is 0.0390 e. The molecule has 1 nitrogen and oxygen atoms in total. The average molecular weight is 187 g/mol. The molecule has 14 heavy (non-hydrogen) atoms. The van der Waals surface area contributed by atoms with E-state index in [4.69, 9.17) is 5.73 Å². The molecule has 0 amide bonds. The highest BCUT2D eigenvalue weighted by molar-refractivity contribution is 5.77. The predicted octanol–water partition coefficient (Wildman–Crippen LogP) is 3.62. The summed E-state index contributed by atoms with van der Waals surface area (Å²) in [4.78, 5) is 0. The minimum absolute atomic E-state index is 0.920. The minimum atomic E-state index is 0.920. The third-order valence-corrected chi connectivity index (χ3v) is 3.03. The fourth-order valence-electron chi connectivity index (χ4n) is 2.19. The normalized spacial score (nSPS) is 17.2. The molecule has 0 spiro atoms. The Balaban J connectivity index is 2.43. The Bertz CT molecular complexity index is 363. The van der Waals surface area contributed by atoms with E-state index >= 15 is 0 Å². The number of allylic oxidation sites excluding steroid dienone is 2. The molecular weight excluding hydrogens is 170 g/mol. The molecular formula is C13H17N. The lowest BCUT2D eigenvalue weighted by molar-refractivity contribution is 0.714. The number of benzene rings is 1. The maximum atomic E-state index is 5.98. The zero-order valence-corrected chi connectivity index (χ0v) is 8.72. The highest BCUT2D eigenvalue weighted by atomic mass is 14.6. The number of nitrogens with two attached hydrogens (primary N) is 1. The van der Waals surface area contributed by atoms with Crippen molar-refractivity contribution in [3.63, 3.8) is 0 Å². The van der Waals surface area contributed by atoms with Crippen molar-refractivity contribution in [3.8, 4) is 0 Å². The summed E-state index contributed by atoms with van der Waals surface area (Å²) in [7, 11) is 0. The molecule has 74 valence electrons. The topological polar surface area (TPSA) is 26.0 Å². The van der Waals surface area contributed by atoms with Gasteiger partial charge in [0.05, 0.1) is 0 Å². The molecule has 0 saturated carbocycles. The molecule has 2 rings (SSSR count). The van der Waals surface area contributed by atoms with Crippen LogP contribution in [0.15, 0.2) is 29.8 Å². The van der Waals surface area contributed by atoms with E-state index in [9.17, 15) is 0 Å². The monoisotopic (exact) mass is 187 g/mol. The summed E-state index contributed by atoms with van der Waals surface area (Å²) >= 11 is 0. The number of nitrogen functional groups attached to an aromatic ring is 1. The van der Waals surface area contributed by atoms with Crippen LogP contribution in [0.5, 0.6) is 0 Å². The van der Waals surface area contributed by atoms with Gasteiger partial charge in [-0.15, -0.1) is 0 Å². The van der Waals surface area contributed by atoms with E-state index < -0.39 is 0 Å². The van der Waals surface area contributed by atoms with Gasteiger partial charge in [-0.25, -0.2) is 0 Å². The lowest BCUT2D eigenvalue weighted by atomic mass is 9.87. The maximum absolute atomic E-state index is 5.98. The SMILES string of the molecule is CC1=C(c2ccccc2N)CCCC1. The third-order valence-electron chi connectivity index (χ3n) is 3.03. The van der Waals surface area contributed by atoms with E-state index in [-0.39, 0.29) is 0 Å². The van der Waals surface area contributed by atoms with Crippen LogP contribution >= 0.6 is 0 Å². The van der Waals surface area contributed by atoms with Crippen molar-refractivity contribution in [1.29, 1.82) is 0 Å². The highest BCUT2D eigenvalue weighted by Gasteiger charge is 2.12. The predicted molar refractivity (Wildman–Crippen MR) is 61.9 cm³/mol. The fourth-order valence-corrected chi connectivity index (χ4v) is 2.19. The summed E-state index contributed by atoms with van der Waals surface area (Å²) in [5, 5.41) is 0. The van der Waals surface area contributed by atoms with Crippen molar-refractivity contribution < 1.29 is 0 Å². The van der Waals surface area contributed by atoms with Gasteiger partial charge in [0.2, 0.25) is 0 Å². The molecule has 0 bridgehead atoms. The van der Waals surface area contributed by atoms with Crippen LogP contribution in [0.2, 0.25) is 0 Å². The third kappa shape index (κ3) is 1.67. The van der Waals surface area contributed by atoms with Gasteiger partial charge in [0.25, 0.3) is 0 Å². The van der Waals surface area contributed by atoms with E-state index in [1.54, 1.807) is 0 Å². The van der Waals surface area contributed by atoms with Crippen LogP contribution < -0.4 is 5.73 Å². The van der Waals surface area contributed by atoms with Gasteiger partial charge in [-0.2, -0.15) is 0 Å². The average Bonchev–Trinajstić information content (AvgIpc) is 2.20. The largest absolute Gasteiger partial charge is 0.398 e. The summed E-state index contributed by atoms with van der Waals surface area (Å²) in [5.74, 6) is 0. The van der Waals surface area contributed by atoms with E-state index in [1.165, 1.54) is 42.4 Å². The summed E-state index contributed by atoms with van der Waals surface area (Å²) in [6, 6.07) is 8.20. The Hall–Kier alpha value is -1.24. The van der Waals surface area contributed by atoms with Crippen LogP contribution in [-0.4, -0.2) is 0 Å². The molecule has 0 radical (unpaired) electrons. The van der Waals surface area contributed by atoms with Crippen LogP contribution in [0.25, 0.3) is 5.57 Å². The molecule has 1 aliphatic rings. The lowest BCUT2D eigenvalue weighted by Gasteiger charge is -2.19. The van der Waals surface area contributed by atoms with Crippen molar-refractivity contribution in [2.24, 2.45) is 0 Å². The molecule has 0 saturated heterocycles. The zero-order chi connectivity index (χ0) is 9.97. The Morgan fingerprint density at radius 3 is 2.50 bits per heavy atom. The van der Waals surface area contributed by atoms with E-state index in [0.29, 0.717) is 0 Å². The molecule has 0 heterocycles. The number of hydrogen-bond donors (Lipinski definition) is 1. The molecule has 0 aromatic heterocycles. The van der Waals surface area contributed by atoms with Gasteiger partial charge >= 0.3 is 0 Å². The molecule has 1 aromatic carbocycles. The molecule has 0 atom stereocenters. The molecule has 1 aliphatic carbocycles.